The van der Waals surface area contributed by atoms with Crippen LogP contribution < -0.4 is 5.73 Å². The molecule has 1 fully saturated rings. The third-order valence-electron chi connectivity index (χ3n) is 3.72. The molecular formula is C15H22N2O2. The minimum absolute atomic E-state index is 0.160. The van der Waals surface area contributed by atoms with Gasteiger partial charge in [-0.1, -0.05) is 6.42 Å². The number of hydrogen-bond donors (Lipinski definition) is 1. The van der Waals surface area contributed by atoms with Crippen molar-refractivity contribution in [1.82, 2.24) is 4.90 Å². The molecule has 1 aromatic carbocycles. The SMILES string of the molecule is CN(C)CC1(COC(=O)c2ccc(N)cc2)CCC1. The number of hydrogen-bond acceptors (Lipinski definition) is 4. The molecule has 4 heteroatoms. The van der Waals surface area contributed by atoms with Gasteiger partial charge in [-0.05, 0) is 51.2 Å². The summed E-state index contributed by atoms with van der Waals surface area (Å²) in [5, 5.41) is 0. The molecule has 0 radical (unpaired) electrons. The van der Waals surface area contributed by atoms with Gasteiger partial charge in [-0.25, -0.2) is 4.79 Å². The quantitative estimate of drug-likeness (QED) is 0.652. The van der Waals surface area contributed by atoms with Gasteiger partial charge in [0.1, 0.15) is 0 Å². The van der Waals surface area contributed by atoms with Crippen LogP contribution in [0.15, 0.2) is 24.3 Å². The van der Waals surface area contributed by atoms with E-state index in [1.165, 1.54) is 6.42 Å². The van der Waals surface area contributed by atoms with Crippen molar-refractivity contribution in [1.29, 1.82) is 0 Å². The molecule has 0 bridgehead atoms. The lowest BCUT2D eigenvalue weighted by molar-refractivity contribution is -0.00973. The Morgan fingerprint density at radius 2 is 1.95 bits per heavy atom. The van der Waals surface area contributed by atoms with Crippen molar-refractivity contribution < 1.29 is 9.53 Å². The first-order chi connectivity index (χ1) is 9.01. The first-order valence-electron chi connectivity index (χ1n) is 6.68. The maximum absolute atomic E-state index is 12.0. The molecule has 0 aromatic heterocycles. The summed E-state index contributed by atoms with van der Waals surface area (Å²) < 4.78 is 5.47. The summed E-state index contributed by atoms with van der Waals surface area (Å²) in [7, 11) is 4.11. The Labute approximate surface area is 114 Å². The van der Waals surface area contributed by atoms with Crippen molar-refractivity contribution in [2.24, 2.45) is 5.41 Å². The summed E-state index contributed by atoms with van der Waals surface area (Å²) in [6.07, 6.45) is 3.51. The standard InChI is InChI=1S/C15H22N2O2/c1-17(2)10-15(8-3-9-15)11-19-14(18)12-4-6-13(16)7-5-12/h4-7H,3,8-11,16H2,1-2H3. The number of anilines is 1. The molecule has 0 atom stereocenters. The predicted octanol–water partition coefficient (Wildman–Crippen LogP) is 2.16. The molecule has 1 aliphatic rings. The lowest BCUT2D eigenvalue weighted by Gasteiger charge is -2.43. The predicted molar refractivity (Wildman–Crippen MR) is 76.0 cm³/mol. The van der Waals surface area contributed by atoms with Crippen LogP contribution in [-0.4, -0.2) is 38.1 Å². The number of ether oxygens (including phenoxy) is 1. The highest BCUT2D eigenvalue weighted by molar-refractivity contribution is 5.89. The molecule has 2 rings (SSSR count). The van der Waals surface area contributed by atoms with Crippen molar-refractivity contribution in [3.05, 3.63) is 29.8 Å². The van der Waals surface area contributed by atoms with Crippen molar-refractivity contribution in [2.45, 2.75) is 19.3 Å². The number of nitrogen functional groups attached to an aromatic ring is 1. The second kappa shape index (κ2) is 5.61. The second-order valence-electron chi connectivity index (χ2n) is 5.79. The fourth-order valence-corrected chi connectivity index (χ4v) is 2.62. The Kier molecular flexibility index (Phi) is 4.10. The van der Waals surface area contributed by atoms with E-state index in [0.29, 0.717) is 17.9 Å². The van der Waals surface area contributed by atoms with Crippen LogP contribution in [0.3, 0.4) is 0 Å². The molecule has 0 amide bonds. The number of carbonyl (C=O) groups excluding carboxylic acids is 1. The number of esters is 1. The van der Waals surface area contributed by atoms with E-state index in [1.807, 2.05) is 0 Å². The topological polar surface area (TPSA) is 55.6 Å². The summed E-state index contributed by atoms with van der Waals surface area (Å²) in [5.41, 5.74) is 6.97. The van der Waals surface area contributed by atoms with Crippen molar-refractivity contribution in [2.75, 3.05) is 33.0 Å². The first-order valence-corrected chi connectivity index (χ1v) is 6.68. The minimum Gasteiger partial charge on any atom is -0.461 e. The van der Waals surface area contributed by atoms with Crippen LogP contribution in [0.4, 0.5) is 5.69 Å². The number of benzene rings is 1. The summed E-state index contributed by atoms with van der Waals surface area (Å²) in [4.78, 5) is 14.1. The number of rotatable bonds is 5. The fourth-order valence-electron chi connectivity index (χ4n) is 2.62. The normalized spacial score (nSPS) is 17.0. The van der Waals surface area contributed by atoms with Crippen LogP contribution in [0.1, 0.15) is 29.6 Å². The molecule has 1 aromatic rings. The van der Waals surface area contributed by atoms with Crippen LogP contribution in [-0.2, 0) is 4.74 Å². The highest BCUT2D eigenvalue weighted by Crippen LogP contribution is 2.41. The van der Waals surface area contributed by atoms with Crippen molar-refractivity contribution >= 4 is 11.7 Å². The van der Waals surface area contributed by atoms with Gasteiger partial charge in [0.15, 0.2) is 0 Å². The zero-order chi connectivity index (χ0) is 13.9. The maximum atomic E-state index is 12.0. The Morgan fingerprint density at radius 3 is 2.42 bits per heavy atom. The molecule has 1 aliphatic carbocycles. The molecule has 1 saturated carbocycles. The van der Waals surface area contributed by atoms with Crippen molar-refractivity contribution in [3.8, 4) is 0 Å². The van der Waals surface area contributed by atoms with Gasteiger partial charge in [0, 0.05) is 17.6 Å². The van der Waals surface area contributed by atoms with Crippen LogP contribution in [0.25, 0.3) is 0 Å². The number of nitrogens with two attached hydrogens (primary N) is 1. The fraction of sp³-hybridized carbons (Fsp3) is 0.533. The third kappa shape index (κ3) is 3.47. The molecule has 0 aliphatic heterocycles. The summed E-state index contributed by atoms with van der Waals surface area (Å²) in [5.74, 6) is -0.259. The molecule has 0 unspecified atom stereocenters. The molecule has 19 heavy (non-hydrogen) atoms. The van der Waals surface area contributed by atoms with E-state index in [2.05, 4.69) is 19.0 Å². The van der Waals surface area contributed by atoms with Gasteiger partial charge in [-0.3, -0.25) is 0 Å². The average Bonchev–Trinajstić information content (AvgIpc) is 2.32. The van der Waals surface area contributed by atoms with Gasteiger partial charge in [0.2, 0.25) is 0 Å². The van der Waals surface area contributed by atoms with Gasteiger partial charge in [-0.2, -0.15) is 0 Å². The minimum atomic E-state index is -0.259. The van der Waals surface area contributed by atoms with E-state index < -0.39 is 0 Å². The van der Waals surface area contributed by atoms with E-state index in [0.717, 1.165) is 19.4 Å². The van der Waals surface area contributed by atoms with Crippen molar-refractivity contribution in [3.63, 3.8) is 0 Å². The van der Waals surface area contributed by atoms with E-state index >= 15 is 0 Å². The average molecular weight is 262 g/mol. The van der Waals surface area contributed by atoms with Gasteiger partial charge < -0.3 is 15.4 Å². The number of carbonyl (C=O) groups is 1. The lowest BCUT2D eigenvalue weighted by atomic mass is 9.69. The lowest BCUT2D eigenvalue weighted by Crippen LogP contribution is -2.43. The molecule has 0 spiro atoms. The van der Waals surface area contributed by atoms with Gasteiger partial charge in [0.25, 0.3) is 0 Å². The Hall–Kier alpha value is -1.55. The van der Waals surface area contributed by atoms with E-state index in [4.69, 9.17) is 10.5 Å². The first kappa shape index (κ1) is 13.9. The maximum Gasteiger partial charge on any atom is 0.338 e. The Balaban J connectivity index is 1.90. The third-order valence-corrected chi connectivity index (χ3v) is 3.72. The molecular weight excluding hydrogens is 240 g/mol. The molecule has 2 N–H and O–H groups in total. The molecule has 0 saturated heterocycles. The zero-order valence-electron chi connectivity index (χ0n) is 11.7. The smallest absolute Gasteiger partial charge is 0.338 e. The monoisotopic (exact) mass is 262 g/mol. The highest BCUT2D eigenvalue weighted by Gasteiger charge is 2.38. The van der Waals surface area contributed by atoms with Gasteiger partial charge >= 0.3 is 5.97 Å². The second-order valence-corrected chi connectivity index (χ2v) is 5.79. The zero-order valence-corrected chi connectivity index (χ0v) is 11.7. The Bertz CT molecular complexity index is 436. The van der Waals surface area contributed by atoms with Crippen LogP contribution in [0.2, 0.25) is 0 Å². The van der Waals surface area contributed by atoms with Gasteiger partial charge in [-0.15, -0.1) is 0 Å². The molecule has 4 nitrogen and oxygen atoms in total. The van der Waals surface area contributed by atoms with Crippen LogP contribution in [0, 0.1) is 5.41 Å². The summed E-state index contributed by atoms with van der Waals surface area (Å²) >= 11 is 0. The van der Waals surface area contributed by atoms with E-state index in [-0.39, 0.29) is 11.4 Å². The Morgan fingerprint density at radius 1 is 1.32 bits per heavy atom. The van der Waals surface area contributed by atoms with E-state index in [9.17, 15) is 4.79 Å². The summed E-state index contributed by atoms with van der Waals surface area (Å²) in [6.45, 7) is 1.48. The highest BCUT2D eigenvalue weighted by atomic mass is 16.5. The molecule has 0 heterocycles. The number of nitrogens with zero attached hydrogens (tertiary/aromatic N) is 1. The van der Waals surface area contributed by atoms with Crippen LogP contribution in [0.5, 0.6) is 0 Å². The van der Waals surface area contributed by atoms with Gasteiger partial charge in [0.05, 0.1) is 12.2 Å². The molecule has 104 valence electrons. The van der Waals surface area contributed by atoms with Crippen LogP contribution >= 0.6 is 0 Å². The summed E-state index contributed by atoms with van der Waals surface area (Å²) in [6, 6.07) is 6.85. The van der Waals surface area contributed by atoms with E-state index in [1.54, 1.807) is 24.3 Å². The largest absolute Gasteiger partial charge is 0.461 e.